The largest absolute Gasteiger partial charge is 0.361 e. The van der Waals surface area contributed by atoms with Crippen molar-refractivity contribution in [1.82, 2.24) is 0 Å². The number of ketones is 1. The Bertz CT molecular complexity index is 573. The summed E-state index contributed by atoms with van der Waals surface area (Å²) >= 11 is 0. The first-order valence-corrected chi connectivity index (χ1v) is 6.66. The molecule has 0 radical (unpaired) electrons. The number of likely N-dealkylation sites (N-methyl/N-ethyl adjacent to an activating group) is 1. The molecule has 0 aromatic heterocycles. The quantitative estimate of drug-likeness (QED) is 0.605. The molecule has 0 N–H and O–H groups in total. The van der Waals surface area contributed by atoms with E-state index in [1.54, 1.807) is 20.2 Å². The van der Waals surface area contributed by atoms with Crippen molar-refractivity contribution in [2.45, 2.75) is 25.7 Å². The second-order valence-electron chi connectivity index (χ2n) is 5.89. The molecule has 1 aromatic rings. The van der Waals surface area contributed by atoms with Crippen LogP contribution in [0.25, 0.3) is 0 Å². The van der Waals surface area contributed by atoms with E-state index >= 15 is 0 Å². The van der Waals surface area contributed by atoms with Gasteiger partial charge >= 0.3 is 5.91 Å². The average molecular weight is 260 g/mol. The van der Waals surface area contributed by atoms with E-state index in [0.717, 1.165) is 18.4 Å². The van der Waals surface area contributed by atoms with Gasteiger partial charge in [0.2, 0.25) is 0 Å². The number of hydrogen-bond donors (Lipinski definition) is 0. The minimum atomic E-state index is -0.205. The molecule has 1 atom stereocenters. The molecule has 1 amide bonds. The van der Waals surface area contributed by atoms with Crippen LogP contribution in [-0.2, 0) is 4.79 Å². The van der Waals surface area contributed by atoms with Crippen LogP contribution in [0.1, 0.15) is 41.6 Å². The lowest BCUT2D eigenvalue weighted by Crippen LogP contribution is -2.53. The third kappa shape index (κ3) is 1.96. The third-order valence-corrected chi connectivity index (χ3v) is 3.94. The van der Waals surface area contributed by atoms with Gasteiger partial charge in [-0.15, -0.1) is 0 Å². The summed E-state index contributed by atoms with van der Waals surface area (Å²) < 4.78 is -0.130. The van der Waals surface area contributed by atoms with Crippen molar-refractivity contribution in [3.8, 4) is 5.75 Å². The highest BCUT2D eigenvalue weighted by Gasteiger charge is 2.42. The Balaban J connectivity index is 2.01. The number of rotatable bonds is 2. The van der Waals surface area contributed by atoms with Gasteiger partial charge in [-0.3, -0.25) is 4.79 Å². The summed E-state index contributed by atoms with van der Waals surface area (Å²) in [7, 11) is 3.44. The van der Waals surface area contributed by atoms with Crippen LogP contribution in [0, 0.1) is 5.92 Å². The molecule has 0 bridgehead atoms. The summed E-state index contributed by atoms with van der Waals surface area (Å²) in [5.74, 6) is 0.866. The van der Waals surface area contributed by atoms with Gasteiger partial charge in [0.15, 0.2) is 11.5 Å². The van der Waals surface area contributed by atoms with Crippen LogP contribution in [0.4, 0.5) is 0 Å². The number of carbonyl (C=O) groups is 2. The van der Waals surface area contributed by atoms with Crippen molar-refractivity contribution >= 4 is 11.7 Å². The van der Waals surface area contributed by atoms with Gasteiger partial charge in [0.1, 0.15) is 20.0 Å². The van der Waals surface area contributed by atoms with Gasteiger partial charge in [0, 0.05) is 17.0 Å². The van der Waals surface area contributed by atoms with Crippen LogP contribution in [0.15, 0.2) is 18.2 Å². The number of hydroxylamine groups is 3. The fourth-order valence-corrected chi connectivity index (χ4v) is 2.60. The molecule has 2 aliphatic rings. The highest BCUT2D eigenvalue weighted by atomic mass is 16.7. The lowest BCUT2D eigenvalue weighted by molar-refractivity contribution is -0.984. The fourth-order valence-electron chi connectivity index (χ4n) is 2.60. The first-order chi connectivity index (χ1) is 8.90. The molecule has 100 valence electrons. The summed E-state index contributed by atoms with van der Waals surface area (Å²) in [6.45, 7) is 1.88. The van der Waals surface area contributed by atoms with Crippen molar-refractivity contribution in [3.63, 3.8) is 0 Å². The van der Waals surface area contributed by atoms with Crippen LogP contribution in [-0.4, -0.2) is 30.4 Å². The van der Waals surface area contributed by atoms with Gasteiger partial charge in [-0.05, 0) is 25.8 Å². The Kier molecular flexibility index (Phi) is 2.54. The standard InChI is InChI=1S/C15H18NO3/c1-9-12-7-6-11(14(17)10-4-5-10)8-13(12)19-16(2,3)15(9)18/h6-10H,4-5H2,1-3H3/q+1. The summed E-state index contributed by atoms with van der Waals surface area (Å²) in [5.41, 5.74) is 1.57. The van der Waals surface area contributed by atoms with Crippen LogP contribution in [0.5, 0.6) is 5.75 Å². The van der Waals surface area contributed by atoms with E-state index in [1.807, 2.05) is 19.1 Å². The molecular weight excluding hydrogens is 242 g/mol. The first-order valence-electron chi connectivity index (χ1n) is 6.66. The van der Waals surface area contributed by atoms with Crippen molar-refractivity contribution < 1.29 is 19.1 Å². The van der Waals surface area contributed by atoms with Crippen LogP contribution < -0.4 is 4.84 Å². The summed E-state index contributed by atoms with van der Waals surface area (Å²) in [4.78, 5) is 29.9. The molecule has 1 fully saturated rings. The Morgan fingerprint density at radius 3 is 2.63 bits per heavy atom. The highest BCUT2D eigenvalue weighted by Crippen LogP contribution is 2.38. The van der Waals surface area contributed by atoms with Crippen molar-refractivity contribution in [1.29, 1.82) is 0 Å². The minimum absolute atomic E-state index is 0.0220. The van der Waals surface area contributed by atoms with Crippen LogP contribution >= 0.6 is 0 Å². The van der Waals surface area contributed by atoms with E-state index in [-0.39, 0.29) is 28.2 Å². The lowest BCUT2D eigenvalue weighted by Gasteiger charge is -2.33. The molecule has 0 spiro atoms. The molecule has 3 rings (SSSR count). The van der Waals surface area contributed by atoms with E-state index in [1.165, 1.54) is 0 Å². The third-order valence-electron chi connectivity index (χ3n) is 3.94. The number of fused-ring (bicyclic) bond motifs is 1. The van der Waals surface area contributed by atoms with Gasteiger partial charge in [0.05, 0.1) is 0 Å². The van der Waals surface area contributed by atoms with Gasteiger partial charge < -0.3 is 4.84 Å². The van der Waals surface area contributed by atoms with E-state index in [4.69, 9.17) is 4.84 Å². The van der Waals surface area contributed by atoms with Crippen molar-refractivity contribution in [2.24, 2.45) is 5.92 Å². The van der Waals surface area contributed by atoms with Gasteiger partial charge in [0.25, 0.3) is 0 Å². The average Bonchev–Trinajstić information content (AvgIpc) is 3.18. The van der Waals surface area contributed by atoms with E-state index in [0.29, 0.717) is 11.3 Å². The molecule has 19 heavy (non-hydrogen) atoms. The molecule has 1 saturated carbocycles. The number of quaternary nitrogens is 1. The fraction of sp³-hybridized carbons (Fsp3) is 0.467. The number of amides is 1. The Hall–Kier alpha value is -1.68. The number of hydrogen-bond acceptors (Lipinski definition) is 3. The molecule has 0 saturated heterocycles. The first kappa shape index (κ1) is 12.4. The van der Waals surface area contributed by atoms with E-state index < -0.39 is 0 Å². The Labute approximate surface area is 112 Å². The van der Waals surface area contributed by atoms with Crippen LogP contribution in [0.3, 0.4) is 0 Å². The second kappa shape index (κ2) is 3.90. The number of benzene rings is 1. The Morgan fingerprint density at radius 1 is 1.32 bits per heavy atom. The monoisotopic (exact) mass is 260 g/mol. The predicted molar refractivity (Wildman–Crippen MR) is 69.7 cm³/mol. The molecule has 4 nitrogen and oxygen atoms in total. The van der Waals surface area contributed by atoms with E-state index in [2.05, 4.69) is 0 Å². The molecule has 1 unspecified atom stereocenters. The zero-order valence-electron chi connectivity index (χ0n) is 11.5. The molecule has 1 aromatic carbocycles. The number of carbonyl (C=O) groups excluding carboxylic acids is 2. The Morgan fingerprint density at radius 2 is 2.00 bits per heavy atom. The van der Waals surface area contributed by atoms with E-state index in [9.17, 15) is 9.59 Å². The topological polar surface area (TPSA) is 43.4 Å². The molecular formula is C15H18NO3+. The number of nitrogens with zero attached hydrogens (tertiary/aromatic N) is 1. The summed E-state index contributed by atoms with van der Waals surface area (Å²) in [6.07, 6.45) is 1.99. The summed E-state index contributed by atoms with van der Waals surface area (Å²) in [6, 6.07) is 5.46. The van der Waals surface area contributed by atoms with Gasteiger partial charge in [-0.2, -0.15) is 0 Å². The lowest BCUT2D eigenvalue weighted by atomic mass is 9.94. The SMILES string of the molecule is CC1C(=O)[N+](C)(C)Oc2cc(C(=O)C3CC3)ccc21. The molecule has 4 heteroatoms. The molecule has 1 aliphatic carbocycles. The second-order valence-corrected chi connectivity index (χ2v) is 5.89. The van der Waals surface area contributed by atoms with Crippen molar-refractivity contribution in [2.75, 3.05) is 14.1 Å². The smallest absolute Gasteiger partial charge is 0.308 e. The minimum Gasteiger partial charge on any atom is -0.308 e. The van der Waals surface area contributed by atoms with Gasteiger partial charge in [-0.1, -0.05) is 16.8 Å². The zero-order valence-corrected chi connectivity index (χ0v) is 11.5. The van der Waals surface area contributed by atoms with Crippen molar-refractivity contribution in [3.05, 3.63) is 29.3 Å². The maximum Gasteiger partial charge on any atom is 0.361 e. The normalized spacial score (nSPS) is 24.6. The molecule has 1 heterocycles. The summed E-state index contributed by atoms with van der Waals surface area (Å²) in [5, 5.41) is 0. The maximum absolute atomic E-state index is 12.1. The maximum atomic E-state index is 12.1. The zero-order chi connectivity index (χ0) is 13.8. The predicted octanol–water partition coefficient (Wildman–Crippen LogP) is 2.29. The van der Waals surface area contributed by atoms with Crippen LogP contribution in [0.2, 0.25) is 0 Å². The number of Topliss-reactive ketones (excluding diaryl/α,β-unsaturated/α-hetero) is 1. The molecule has 1 aliphatic heterocycles. The highest BCUT2D eigenvalue weighted by molar-refractivity contribution is 5.99. The van der Waals surface area contributed by atoms with Gasteiger partial charge in [-0.25, -0.2) is 4.79 Å².